The molecule has 2 N–H and O–H groups in total. The van der Waals surface area contributed by atoms with Gasteiger partial charge in [0.2, 0.25) is 0 Å². The summed E-state index contributed by atoms with van der Waals surface area (Å²) in [7, 11) is 1.54. The zero-order valence-electron chi connectivity index (χ0n) is 14.7. The van der Waals surface area contributed by atoms with Crippen molar-refractivity contribution in [1.29, 1.82) is 0 Å². The fourth-order valence-electron chi connectivity index (χ4n) is 3.76. The third kappa shape index (κ3) is 2.54. The first-order valence-corrected chi connectivity index (χ1v) is 8.57. The molecular formula is C23H18O4. The molecule has 3 aromatic rings. The van der Waals surface area contributed by atoms with Gasteiger partial charge < -0.3 is 14.9 Å². The molecule has 0 fully saturated rings. The van der Waals surface area contributed by atoms with Gasteiger partial charge in [0.1, 0.15) is 11.4 Å². The summed E-state index contributed by atoms with van der Waals surface area (Å²) in [6.07, 6.45) is 0. The van der Waals surface area contributed by atoms with Crippen molar-refractivity contribution in [3.05, 3.63) is 107 Å². The molecule has 1 unspecified atom stereocenters. The molecule has 134 valence electrons. The van der Waals surface area contributed by atoms with Gasteiger partial charge in [0.05, 0.1) is 12.7 Å². The molecule has 0 aliphatic heterocycles. The van der Waals surface area contributed by atoms with Crippen LogP contribution in [0.5, 0.6) is 5.75 Å². The Bertz CT molecular complexity index is 1040. The molecule has 0 saturated heterocycles. The zero-order chi connectivity index (χ0) is 19.0. The molecule has 0 heterocycles. The number of carbonyl (C=O) groups is 1. The Morgan fingerprint density at radius 1 is 0.926 bits per heavy atom. The maximum absolute atomic E-state index is 12.3. The highest BCUT2D eigenvalue weighted by Crippen LogP contribution is 2.51. The van der Waals surface area contributed by atoms with Gasteiger partial charge in [0.25, 0.3) is 0 Å². The van der Waals surface area contributed by atoms with Crippen LogP contribution < -0.4 is 4.74 Å². The molecule has 0 bridgehead atoms. The van der Waals surface area contributed by atoms with Crippen LogP contribution in [0.2, 0.25) is 0 Å². The zero-order valence-corrected chi connectivity index (χ0v) is 14.7. The number of carboxylic acids is 1. The first-order valence-electron chi connectivity index (χ1n) is 8.57. The fraction of sp³-hybridized carbons (Fsp3) is 0.0870. The van der Waals surface area contributed by atoms with E-state index < -0.39 is 11.6 Å². The predicted octanol–water partition coefficient (Wildman–Crippen LogP) is 3.83. The Labute approximate surface area is 157 Å². The average molecular weight is 358 g/mol. The number of aliphatic hydroxyl groups is 1. The molecule has 1 aliphatic rings. The Morgan fingerprint density at radius 2 is 1.56 bits per heavy atom. The van der Waals surface area contributed by atoms with Crippen LogP contribution in [0.25, 0.3) is 5.57 Å². The van der Waals surface area contributed by atoms with E-state index in [0.29, 0.717) is 28.0 Å². The van der Waals surface area contributed by atoms with Crippen LogP contribution in [0.3, 0.4) is 0 Å². The van der Waals surface area contributed by atoms with Gasteiger partial charge >= 0.3 is 5.97 Å². The molecule has 27 heavy (non-hydrogen) atoms. The van der Waals surface area contributed by atoms with E-state index in [1.54, 1.807) is 49.6 Å². The summed E-state index contributed by atoms with van der Waals surface area (Å²) in [5, 5.41) is 21.9. The summed E-state index contributed by atoms with van der Waals surface area (Å²) >= 11 is 0. The Kier molecular flexibility index (Phi) is 4.05. The maximum atomic E-state index is 12.3. The molecule has 3 aromatic carbocycles. The van der Waals surface area contributed by atoms with E-state index in [2.05, 4.69) is 0 Å². The third-order valence-corrected chi connectivity index (χ3v) is 4.97. The second-order valence-corrected chi connectivity index (χ2v) is 6.41. The molecule has 1 atom stereocenters. The second kappa shape index (κ2) is 6.41. The normalized spacial score (nSPS) is 18.3. The number of fused-ring (bicyclic) bond motifs is 1. The number of ether oxygens (including phenoxy) is 1. The lowest BCUT2D eigenvalue weighted by Gasteiger charge is -2.27. The van der Waals surface area contributed by atoms with E-state index in [1.165, 1.54) is 0 Å². The molecule has 0 radical (unpaired) electrons. The molecule has 0 spiro atoms. The van der Waals surface area contributed by atoms with E-state index in [-0.39, 0.29) is 5.57 Å². The molecule has 4 rings (SSSR count). The van der Waals surface area contributed by atoms with Crippen LogP contribution in [0.1, 0.15) is 22.3 Å². The van der Waals surface area contributed by atoms with Gasteiger partial charge in [-0.25, -0.2) is 4.79 Å². The monoisotopic (exact) mass is 358 g/mol. The smallest absolute Gasteiger partial charge is 0.335 e. The number of methoxy groups -OCH3 is 1. The molecular weight excluding hydrogens is 340 g/mol. The standard InChI is InChI=1S/C23H18O4/c1-27-17-12-13-18-19(14-17)23(26,16-10-6-3-7-11-16)21(22(24)25)20(18)15-8-4-2-5-9-15/h2-14,26H,1H3,(H,24,25). The first-order chi connectivity index (χ1) is 13.1. The second-order valence-electron chi connectivity index (χ2n) is 6.41. The Balaban J connectivity index is 2.11. The number of benzene rings is 3. The first kappa shape index (κ1) is 17.1. The summed E-state index contributed by atoms with van der Waals surface area (Å²) in [6.45, 7) is 0. The molecule has 4 heteroatoms. The minimum absolute atomic E-state index is 0.0526. The third-order valence-electron chi connectivity index (χ3n) is 4.97. The van der Waals surface area contributed by atoms with Crippen molar-refractivity contribution in [2.24, 2.45) is 0 Å². The molecule has 4 nitrogen and oxygen atoms in total. The van der Waals surface area contributed by atoms with Crippen molar-refractivity contribution in [3.63, 3.8) is 0 Å². The van der Waals surface area contributed by atoms with Crippen molar-refractivity contribution in [2.45, 2.75) is 5.60 Å². The van der Waals surface area contributed by atoms with Gasteiger partial charge in [0, 0.05) is 11.1 Å². The molecule has 0 amide bonds. The average Bonchev–Trinajstić information content (AvgIpc) is 2.99. The number of carboxylic acid groups (broad SMARTS) is 1. The van der Waals surface area contributed by atoms with Crippen LogP contribution in [-0.2, 0) is 10.4 Å². The van der Waals surface area contributed by atoms with Crippen LogP contribution in [-0.4, -0.2) is 23.3 Å². The van der Waals surface area contributed by atoms with Crippen molar-refractivity contribution in [2.75, 3.05) is 7.11 Å². The Morgan fingerprint density at radius 3 is 2.15 bits per heavy atom. The minimum atomic E-state index is -1.78. The van der Waals surface area contributed by atoms with Crippen molar-refractivity contribution in [1.82, 2.24) is 0 Å². The lowest BCUT2D eigenvalue weighted by molar-refractivity contribution is -0.134. The highest BCUT2D eigenvalue weighted by atomic mass is 16.5. The summed E-state index contributed by atoms with van der Waals surface area (Å²) < 4.78 is 5.33. The van der Waals surface area contributed by atoms with E-state index in [4.69, 9.17) is 4.74 Å². The number of rotatable bonds is 4. The fourth-order valence-corrected chi connectivity index (χ4v) is 3.76. The van der Waals surface area contributed by atoms with Gasteiger partial charge in [-0.1, -0.05) is 66.7 Å². The van der Waals surface area contributed by atoms with Crippen molar-refractivity contribution in [3.8, 4) is 5.75 Å². The van der Waals surface area contributed by atoms with Crippen LogP contribution >= 0.6 is 0 Å². The predicted molar refractivity (Wildman–Crippen MR) is 103 cm³/mol. The highest BCUT2D eigenvalue weighted by molar-refractivity contribution is 6.07. The minimum Gasteiger partial charge on any atom is -0.497 e. The largest absolute Gasteiger partial charge is 0.497 e. The van der Waals surface area contributed by atoms with Gasteiger partial charge in [-0.2, -0.15) is 0 Å². The van der Waals surface area contributed by atoms with Crippen LogP contribution in [0.4, 0.5) is 0 Å². The Hall–Kier alpha value is -3.37. The summed E-state index contributed by atoms with van der Waals surface area (Å²) in [5.41, 5.74) is 1.13. The molecule has 0 aromatic heterocycles. The molecule has 0 saturated carbocycles. The number of hydrogen-bond acceptors (Lipinski definition) is 3. The van der Waals surface area contributed by atoms with Crippen molar-refractivity contribution >= 4 is 11.5 Å². The summed E-state index contributed by atoms with van der Waals surface area (Å²) in [5.74, 6) is -0.600. The lowest BCUT2D eigenvalue weighted by Crippen LogP contribution is -2.31. The molecule has 1 aliphatic carbocycles. The van der Waals surface area contributed by atoms with Gasteiger partial charge in [0.15, 0.2) is 0 Å². The van der Waals surface area contributed by atoms with Crippen molar-refractivity contribution < 1.29 is 19.7 Å². The van der Waals surface area contributed by atoms with E-state index in [1.807, 2.05) is 36.4 Å². The van der Waals surface area contributed by atoms with Gasteiger partial charge in [-0.3, -0.25) is 0 Å². The van der Waals surface area contributed by atoms with Crippen LogP contribution in [0.15, 0.2) is 84.4 Å². The summed E-state index contributed by atoms with van der Waals surface area (Å²) in [4.78, 5) is 12.3. The maximum Gasteiger partial charge on any atom is 0.335 e. The summed E-state index contributed by atoms with van der Waals surface area (Å²) in [6, 6.07) is 23.4. The van der Waals surface area contributed by atoms with Crippen LogP contribution in [0, 0.1) is 0 Å². The van der Waals surface area contributed by atoms with Gasteiger partial charge in [-0.05, 0) is 28.8 Å². The quantitative estimate of drug-likeness (QED) is 0.744. The van der Waals surface area contributed by atoms with E-state index >= 15 is 0 Å². The number of hydrogen-bond donors (Lipinski definition) is 2. The van der Waals surface area contributed by atoms with E-state index in [9.17, 15) is 15.0 Å². The topological polar surface area (TPSA) is 66.8 Å². The van der Waals surface area contributed by atoms with Gasteiger partial charge in [-0.15, -0.1) is 0 Å². The SMILES string of the molecule is COc1ccc2c(c1)C(O)(c1ccccc1)C(C(=O)O)=C2c1ccccc1. The number of aliphatic carboxylic acids is 1. The lowest BCUT2D eigenvalue weighted by atomic mass is 9.83. The highest BCUT2D eigenvalue weighted by Gasteiger charge is 2.49. The van der Waals surface area contributed by atoms with E-state index in [0.717, 1.165) is 5.56 Å².